The molecule has 3 heteroatoms. The van der Waals surface area contributed by atoms with Crippen molar-refractivity contribution in [3.05, 3.63) is 42.0 Å². The average molecular weight is 300 g/mol. The van der Waals surface area contributed by atoms with E-state index in [1.165, 1.54) is 0 Å². The van der Waals surface area contributed by atoms with E-state index in [1.807, 2.05) is 19.1 Å². The summed E-state index contributed by atoms with van der Waals surface area (Å²) in [6.07, 6.45) is 4.25. The van der Waals surface area contributed by atoms with Gasteiger partial charge in [0.1, 0.15) is 0 Å². The third-order valence-electron chi connectivity index (χ3n) is 6.46. The van der Waals surface area contributed by atoms with Crippen molar-refractivity contribution in [3.63, 3.8) is 0 Å². The van der Waals surface area contributed by atoms with Crippen LogP contribution in [0, 0.1) is 16.7 Å². The minimum absolute atomic E-state index is 0.0191. The highest BCUT2D eigenvalue weighted by molar-refractivity contribution is 5.90. The van der Waals surface area contributed by atoms with Crippen molar-refractivity contribution in [2.24, 2.45) is 16.7 Å². The van der Waals surface area contributed by atoms with Crippen LogP contribution in [0.15, 0.2) is 30.8 Å². The molecule has 0 aromatic heterocycles. The van der Waals surface area contributed by atoms with E-state index in [1.54, 1.807) is 18.2 Å². The molecule has 2 fully saturated rings. The molecule has 22 heavy (non-hydrogen) atoms. The molecule has 2 aliphatic rings. The highest BCUT2D eigenvalue weighted by atomic mass is 16.7. The van der Waals surface area contributed by atoms with Crippen LogP contribution in [0.5, 0.6) is 0 Å². The zero-order chi connectivity index (χ0) is 16.2. The Morgan fingerprint density at radius 2 is 1.95 bits per heavy atom. The Morgan fingerprint density at radius 3 is 2.41 bits per heavy atom. The standard InChI is InChI=1S/C19H24O3/c1-5-13-6-8-14(9-7-13)16(20)22-19(21)12-15-10-11-18(19,4)17(15,2)3/h5-9,15,21H,1,10-12H2,2-4H3. The average Bonchev–Trinajstić information content (AvgIpc) is 2.79. The van der Waals surface area contributed by atoms with Crippen molar-refractivity contribution < 1.29 is 14.6 Å². The second-order valence-electron chi connectivity index (χ2n) is 7.49. The van der Waals surface area contributed by atoms with Gasteiger partial charge in [-0.2, -0.15) is 0 Å². The van der Waals surface area contributed by atoms with Crippen molar-refractivity contribution in [2.75, 3.05) is 0 Å². The van der Waals surface area contributed by atoms with Crippen molar-refractivity contribution in [1.29, 1.82) is 0 Å². The Hall–Kier alpha value is -1.61. The molecule has 2 aliphatic carbocycles. The van der Waals surface area contributed by atoms with Crippen LogP contribution in [0.3, 0.4) is 0 Å². The van der Waals surface area contributed by atoms with Gasteiger partial charge in [-0.05, 0) is 41.9 Å². The number of fused-ring (bicyclic) bond motifs is 2. The zero-order valence-electron chi connectivity index (χ0n) is 13.6. The fraction of sp³-hybridized carbons (Fsp3) is 0.526. The second-order valence-corrected chi connectivity index (χ2v) is 7.49. The molecule has 3 atom stereocenters. The molecule has 3 nitrogen and oxygen atoms in total. The number of hydrogen-bond acceptors (Lipinski definition) is 3. The number of carbonyl (C=O) groups is 1. The molecule has 3 unspecified atom stereocenters. The molecule has 0 amide bonds. The molecule has 2 bridgehead atoms. The van der Waals surface area contributed by atoms with E-state index >= 15 is 0 Å². The smallest absolute Gasteiger partial charge is 0.340 e. The number of hydrogen-bond donors (Lipinski definition) is 1. The normalized spacial score (nSPS) is 35.4. The van der Waals surface area contributed by atoms with E-state index in [0.717, 1.165) is 18.4 Å². The summed E-state index contributed by atoms with van der Waals surface area (Å²) in [5.74, 6) is -1.42. The summed E-state index contributed by atoms with van der Waals surface area (Å²) in [6.45, 7) is 10.1. The van der Waals surface area contributed by atoms with E-state index in [-0.39, 0.29) is 10.8 Å². The van der Waals surface area contributed by atoms with Crippen LogP contribution in [-0.2, 0) is 4.74 Å². The summed E-state index contributed by atoms with van der Waals surface area (Å²) in [4.78, 5) is 12.4. The molecule has 118 valence electrons. The molecule has 0 spiro atoms. The van der Waals surface area contributed by atoms with Gasteiger partial charge in [0.05, 0.1) is 5.56 Å². The number of benzene rings is 1. The second kappa shape index (κ2) is 4.69. The molecule has 2 saturated carbocycles. The predicted molar refractivity (Wildman–Crippen MR) is 86.1 cm³/mol. The summed E-state index contributed by atoms with van der Waals surface area (Å²) >= 11 is 0. The summed E-state index contributed by atoms with van der Waals surface area (Å²) in [6, 6.07) is 7.06. The van der Waals surface area contributed by atoms with Crippen LogP contribution < -0.4 is 0 Å². The Bertz CT molecular complexity index is 616. The maximum Gasteiger partial charge on any atom is 0.340 e. The van der Waals surface area contributed by atoms with E-state index in [0.29, 0.717) is 17.9 Å². The van der Waals surface area contributed by atoms with E-state index in [9.17, 15) is 9.90 Å². The maximum absolute atomic E-state index is 12.4. The van der Waals surface area contributed by atoms with Crippen molar-refractivity contribution in [2.45, 2.75) is 45.8 Å². The van der Waals surface area contributed by atoms with Gasteiger partial charge in [0.25, 0.3) is 0 Å². The highest BCUT2D eigenvalue weighted by Crippen LogP contribution is 2.69. The molecule has 0 aliphatic heterocycles. The molecule has 1 aromatic rings. The van der Waals surface area contributed by atoms with Crippen LogP contribution in [0.4, 0.5) is 0 Å². The lowest BCUT2D eigenvalue weighted by Crippen LogP contribution is -2.50. The van der Waals surface area contributed by atoms with Gasteiger partial charge in [-0.3, -0.25) is 0 Å². The van der Waals surface area contributed by atoms with Gasteiger partial charge in [-0.15, -0.1) is 0 Å². The summed E-state index contributed by atoms with van der Waals surface area (Å²) in [7, 11) is 0. The number of rotatable bonds is 3. The first kappa shape index (κ1) is 15.3. The third-order valence-corrected chi connectivity index (χ3v) is 6.46. The van der Waals surface area contributed by atoms with Crippen LogP contribution in [0.2, 0.25) is 0 Å². The lowest BCUT2D eigenvalue weighted by atomic mass is 9.68. The number of ether oxygens (including phenoxy) is 1. The highest BCUT2D eigenvalue weighted by Gasteiger charge is 2.70. The largest absolute Gasteiger partial charge is 0.429 e. The van der Waals surface area contributed by atoms with Gasteiger partial charge >= 0.3 is 5.97 Å². The lowest BCUT2D eigenvalue weighted by Gasteiger charge is -2.43. The zero-order valence-corrected chi connectivity index (χ0v) is 13.6. The molecule has 1 aromatic carbocycles. The first-order chi connectivity index (χ1) is 10.2. The Labute approximate surface area is 132 Å². The number of aliphatic hydroxyl groups is 1. The van der Waals surface area contributed by atoms with Crippen molar-refractivity contribution in [1.82, 2.24) is 0 Å². The number of esters is 1. The van der Waals surface area contributed by atoms with E-state index < -0.39 is 11.8 Å². The molecular weight excluding hydrogens is 276 g/mol. The molecule has 0 saturated heterocycles. The third kappa shape index (κ3) is 1.88. The summed E-state index contributed by atoms with van der Waals surface area (Å²) in [5.41, 5.74) is 1.00. The fourth-order valence-electron chi connectivity index (χ4n) is 4.33. The van der Waals surface area contributed by atoms with Gasteiger partial charge in [0.2, 0.25) is 5.79 Å². The molecule has 3 rings (SSSR count). The first-order valence-electron chi connectivity index (χ1n) is 7.92. The first-order valence-corrected chi connectivity index (χ1v) is 7.92. The van der Waals surface area contributed by atoms with Crippen LogP contribution >= 0.6 is 0 Å². The van der Waals surface area contributed by atoms with Crippen molar-refractivity contribution in [3.8, 4) is 0 Å². The predicted octanol–water partition coefficient (Wildman–Crippen LogP) is 4.02. The minimum atomic E-state index is -1.37. The van der Waals surface area contributed by atoms with Gasteiger partial charge < -0.3 is 9.84 Å². The van der Waals surface area contributed by atoms with Gasteiger partial charge in [0.15, 0.2) is 0 Å². The van der Waals surface area contributed by atoms with E-state index in [2.05, 4.69) is 20.4 Å². The summed E-state index contributed by atoms with van der Waals surface area (Å²) in [5, 5.41) is 11.0. The Kier molecular flexibility index (Phi) is 3.26. The molecule has 0 radical (unpaired) electrons. The monoisotopic (exact) mass is 300 g/mol. The van der Waals surface area contributed by atoms with E-state index in [4.69, 9.17) is 4.74 Å². The molecule has 0 heterocycles. The van der Waals surface area contributed by atoms with Crippen LogP contribution in [0.25, 0.3) is 6.08 Å². The minimum Gasteiger partial charge on any atom is -0.429 e. The lowest BCUT2D eigenvalue weighted by molar-refractivity contribution is -0.240. The Morgan fingerprint density at radius 1 is 1.32 bits per heavy atom. The molecule has 1 N–H and O–H groups in total. The quantitative estimate of drug-likeness (QED) is 0.677. The van der Waals surface area contributed by atoms with Crippen LogP contribution in [0.1, 0.15) is 56.0 Å². The van der Waals surface area contributed by atoms with Gasteiger partial charge in [-0.25, -0.2) is 4.79 Å². The van der Waals surface area contributed by atoms with Crippen LogP contribution in [-0.4, -0.2) is 16.9 Å². The van der Waals surface area contributed by atoms with Gasteiger partial charge in [-0.1, -0.05) is 45.6 Å². The molecular formula is C19H24O3. The van der Waals surface area contributed by atoms with Crippen molar-refractivity contribution >= 4 is 12.0 Å². The topological polar surface area (TPSA) is 46.5 Å². The fourth-order valence-corrected chi connectivity index (χ4v) is 4.33. The Balaban J connectivity index is 1.83. The SMILES string of the molecule is C=Cc1ccc(C(=O)OC2(O)CC3CCC2(C)C3(C)C)cc1. The van der Waals surface area contributed by atoms with Gasteiger partial charge in [0, 0.05) is 11.8 Å². The number of carbonyl (C=O) groups excluding carboxylic acids is 1. The maximum atomic E-state index is 12.4. The summed E-state index contributed by atoms with van der Waals surface area (Å²) < 4.78 is 5.62.